The number of hydrogen-bond donors (Lipinski definition) is 2. The molecule has 26 heavy (non-hydrogen) atoms. The second-order valence-electron chi connectivity index (χ2n) is 6.84. The van der Waals surface area contributed by atoms with Crippen LogP contribution in [0.5, 0.6) is 0 Å². The number of hydrogen-bond acceptors (Lipinski definition) is 5. The van der Waals surface area contributed by atoms with Gasteiger partial charge in [0, 0.05) is 4.88 Å². The lowest BCUT2D eigenvalue weighted by Gasteiger charge is -2.18. The number of fused-ring (bicyclic) bond motifs is 1. The third kappa shape index (κ3) is 3.99. The minimum atomic E-state index is -0.375. The Hall–Kier alpha value is -2.12. The van der Waals surface area contributed by atoms with E-state index < -0.39 is 0 Å². The monoisotopic (exact) mass is 377 g/mol. The van der Waals surface area contributed by atoms with Crippen LogP contribution in [0.25, 0.3) is 0 Å². The van der Waals surface area contributed by atoms with Gasteiger partial charge in [-0.25, -0.2) is 4.79 Å². The number of furan rings is 1. The van der Waals surface area contributed by atoms with Crippen molar-refractivity contribution >= 4 is 28.2 Å². The van der Waals surface area contributed by atoms with E-state index in [1.54, 1.807) is 6.26 Å². The second kappa shape index (κ2) is 8.05. The van der Waals surface area contributed by atoms with E-state index in [4.69, 9.17) is 9.15 Å². The predicted molar refractivity (Wildman–Crippen MR) is 99.4 cm³/mol. The molecule has 2 aromatic heterocycles. The van der Waals surface area contributed by atoms with Gasteiger partial charge in [-0.05, 0) is 49.8 Å². The maximum atomic E-state index is 12.4. The summed E-state index contributed by atoms with van der Waals surface area (Å²) in [6.45, 7) is 4.45. The summed E-state index contributed by atoms with van der Waals surface area (Å²) in [5.41, 5.74) is 1.58. The zero-order chi connectivity index (χ0) is 18.7. The first-order valence-electron chi connectivity index (χ1n) is 8.89. The van der Waals surface area contributed by atoms with Crippen molar-refractivity contribution in [3.63, 3.8) is 0 Å². The highest BCUT2D eigenvalue weighted by atomic mass is 32.1. The topological polar surface area (TPSA) is 85.1 Å². The fraction of sp³-hybridized carbons (Fsp3) is 0.474. The molecule has 0 saturated carbocycles. The summed E-state index contributed by atoms with van der Waals surface area (Å²) in [6, 6.07) is 3.77. The first kappa shape index (κ1) is 18.7. The maximum Gasteiger partial charge on any atom is 0.341 e. The van der Waals surface area contributed by atoms with Gasteiger partial charge in [-0.15, -0.1) is 11.3 Å². The second-order valence-corrected chi connectivity index (χ2v) is 7.94. The Bertz CT molecular complexity index is 782. The molecular weight excluding hydrogens is 352 g/mol. The molecule has 0 fully saturated rings. The van der Waals surface area contributed by atoms with Crippen molar-refractivity contribution < 1.29 is 24.1 Å². The van der Waals surface area contributed by atoms with Crippen LogP contribution in [-0.4, -0.2) is 25.5 Å². The number of methoxy groups -OCH3 is 1. The van der Waals surface area contributed by atoms with E-state index in [2.05, 4.69) is 12.2 Å². The zero-order valence-electron chi connectivity index (χ0n) is 15.3. The molecule has 6 nitrogen and oxygen atoms in total. The van der Waals surface area contributed by atoms with Crippen LogP contribution in [0.1, 0.15) is 52.9 Å². The number of carbonyl (C=O) groups excluding carboxylic acids is 2. The van der Waals surface area contributed by atoms with Crippen LogP contribution in [0.3, 0.4) is 0 Å². The van der Waals surface area contributed by atoms with E-state index in [0.717, 1.165) is 30.6 Å². The van der Waals surface area contributed by atoms with Crippen molar-refractivity contribution in [2.24, 2.45) is 5.92 Å². The summed E-state index contributed by atoms with van der Waals surface area (Å²) in [5.74, 6) is 0.909. The third-order valence-electron chi connectivity index (χ3n) is 4.80. The number of anilines is 1. The Kier molecular flexibility index (Phi) is 5.78. The Morgan fingerprint density at radius 2 is 2.31 bits per heavy atom. The van der Waals surface area contributed by atoms with E-state index in [1.807, 2.05) is 24.4 Å². The largest absolute Gasteiger partial charge is 0.465 e. The summed E-state index contributed by atoms with van der Waals surface area (Å²) < 4.78 is 10.3. The maximum absolute atomic E-state index is 12.4. The molecule has 2 heterocycles. The summed E-state index contributed by atoms with van der Waals surface area (Å²) >= 11 is 1.50. The van der Waals surface area contributed by atoms with Crippen molar-refractivity contribution in [2.45, 2.75) is 39.2 Å². The van der Waals surface area contributed by atoms with Gasteiger partial charge in [0.05, 0.1) is 18.9 Å². The predicted octanol–water partition coefficient (Wildman–Crippen LogP) is 2.52. The van der Waals surface area contributed by atoms with Crippen molar-refractivity contribution in [3.05, 3.63) is 40.2 Å². The van der Waals surface area contributed by atoms with E-state index in [-0.39, 0.29) is 24.5 Å². The highest BCUT2D eigenvalue weighted by molar-refractivity contribution is 7.17. The molecule has 140 valence electrons. The SMILES string of the molecule is COC(=O)c1c(NC(=O)C[NH2+][C@@H](C)c2ccco2)sc2c1CC[C@H](C)C2. The van der Waals surface area contributed by atoms with Gasteiger partial charge in [0.25, 0.3) is 5.91 Å². The Balaban J connectivity index is 1.70. The fourth-order valence-corrected chi connectivity index (χ4v) is 4.70. The van der Waals surface area contributed by atoms with Gasteiger partial charge in [-0.2, -0.15) is 0 Å². The molecule has 0 saturated heterocycles. The number of esters is 1. The Morgan fingerprint density at radius 1 is 1.50 bits per heavy atom. The van der Waals surface area contributed by atoms with Gasteiger partial charge in [0.15, 0.2) is 12.3 Å². The quantitative estimate of drug-likeness (QED) is 0.758. The Labute approximate surface area is 156 Å². The molecule has 0 aliphatic heterocycles. The minimum Gasteiger partial charge on any atom is -0.465 e. The van der Waals surface area contributed by atoms with Crippen LogP contribution in [-0.2, 0) is 22.4 Å². The van der Waals surface area contributed by atoms with Crippen molar-refractivity contribution in [2.75, 3.05) is 19.0 Å². The lowest BCUT2D eigenvalue weighted by molar-refractivity contribution is -0.684. The van der Waals surface area contributed by atoms with Crippen molar-refractivity contribution in [1.29, 1.82) is 0 Å². The van der Waals surface area contributed by atoms with E-state index in [1.165, 1.54) is 23.3 Å². The molecule has 1 amide bonds. The summed E-state index contributed by atoms with van der Waals surface area (Å²) in [4.78, 5) is 25.9. The van der Waals surface area contributed by atoms with Gasteiger partial charge in [-0.3, -0.25) is 4.79 Å². The van der Waals surface area contributed by atoms with Crippen LogP contribution < -0.4 is 10.6 Å². The molecule has 0 bridgehead atoms. The number of amides is 1. The first-order chi connectivity index (χ1) is 12.5. The first-order valence-corrected chi connectivity index (χ1v) is 9.70. The van der Waals surface area contributed by atoms with E-state index in [9.17, 15) is 9.59 Å². The lowest BCUT2D eigenvalue weighted by Crippen LogP contribution is -2.86. The molecule has 2 aromatic rings. The molecule has 0 unspecified atom stereocenters. The van der Waals surface area contributed by atoms with Gasteiger partial charge in [0.2, 0.25) is 0 Å². The normalized spacial score (nSPS) is 17.4. The number of nitrogens with one attached hydrogen (secondary N) is 1. The summed E-state index contributed by atoms with van der Waals surface area (Å²) in [6.07, 6.45) is 4.48. The van der Waals surface area contributed by atoms with Crippen LogP contribution in [0, 0.1) is 5.92 Å². The lowest BCUT2D eigenvalue weighted by atomic mass is 9.88. The molecule has 0 spiro atoms. The highest BCUT2D eigenvalue weighted by Gasteiger charge is 2.29. The number of carbonyl (C=O) groups is 2. The smallest absolute Gasteiger partial charge is 0.341 e. The number of rotatable bonds is 6. The molecule has 1 aliphatic carbocycles. The molecule has 0 radical (unpaired) electrons. The molecule has 3 rings (SSSR count). The molecule has 3 N–H and O–H groups in total. The number of quaternary nitrogens is 1. The van der Waals surface area contributed by atoms with Crippen LogP contribution in [0.4, 0.5) is 5.00 Å². The molecule has 1 aliphatic rings. The van der Waals surface area contributed by atoms with Crippen molar-refractivity contribution in [3.8, 4) is 0 Å². The molecule has 2 atom stereocenters. The highest BCUT2D eigenvalue weighted by Crippen LogP contribution is 2.39. The zero-order valence-corrected chi connectivity index (χ0v) is 16.2. The summed E-state index contributed by atoms with van der Waals surface area (Å²) in [5, 5.41) is 5.43. The van der Waals surface area contributed by atoms with Gasteiger partial charge in [-0.1, -0.05) is 6.92 Å². The van der Waals surface area contributed by atoms with Crippen LogP contribution in [0.15, 0.2) is 22.8 Å². The van der Waals surface area contributed by atoms with Crippen molar-refractivity contribution in [1.82, 2.24) is 0 Å². The van der Waals surface area contributed by atoms with Crippen LogP contribution >= 0.6 is 11.3 Å². The fourth-order valence-electron chi connectivity index (χ4n) is 3.28. The molecule has 7 heteroatoms. The standard InChI is InChI=1S/C19H24N2O4S/c1-11-6-7-13-15(9-11)26-18(17(13)19(23)24-3)21-16(22)10-20-12(2)14-5-4-8-25-14/h4-5,8,11-12,20H,6-7,9-10H2,1-3H3,(H,21,22)/p+1/t11-,12-/m0/s1. The number of nitrogens with two attached hydrogens (primary N) is 1. The van der Waals surface area contributed by atoms with Crippen LogP contribution in [0.2, 0.25) is 0 Å². The number of thiophene rings is 1. The summed E-state index contributed by atoms with van der Waals surface area (Å²) in [7, 11) is 1.38. The average Bonchev–Trinajstić information content (AvgIpc) is 3.26. The van der Waals surface area contributed by atoms with E-state index in [0.29, 0.717) is 16.5 Å². The average molecular weight is 377 g/mol. The Morgan fingerprint density at radius 3 is 3.00 bits per heavy atom. The van der Waals surface area contributed by atoms with E-state index >= 15 is 0 Å². The van der Waals surface area contributed by atoms with Gasteiger partial charge >= 0.3 is 5.97 Å². The number of ether oxygens (including phenoxy) is 1. The molecular formula is C19H25N2O4S+. The minimum absolute atomic E-state index is 0.0493. The molecule has 0 aromatic carbocycles. The third-order valence-corrected chi connectivity index (χ3v) is 5.97. The van der Waals surface area contributed by atoms with Gasteiger partial charge in [0.1, 0.15) is 11.0 Å². The van der Waals surface area contributed by atoms with Gasteiger partial charge < -0.3 is 19.8 Å².